The first-order valence-corrected chi connectivity index (χ1v) is 12.5. The van der Waals surface area contributed by atoms with Crippen molar-refractivity contribution in [3.63, 3.8) is 0 Å². The van der Waals surface area contributed by atoms with Crippen molar-refractivity contribution in [2.75, 3.05) is 25.6 Å². The lowest BCUT2D eigenvalue weighted by atomic mass is 9.51. The Morgan fingerprint density at radius 3 is 2.58 bits per heavy atom. The molecule has 0 radical (unpaired) electrons. The lowest BCUT2D eigenvalue weighted by Gasteiger charge is -2.54. The highest BCUT2D eigenvalue weighted by molar-refractivity contribution is 5.93. The van der Waals surface area contributed by atoms with Crippen LogP contribution in [-0.4, -0.2) is 42.3 Å². The summed E-state index contributed by atoms with van der Waals surface area (Å²) in [4.78, 5) is 14.3. The lowest BCUT2D eigenvalue weighted by molar-refractivity contribution is -0.114. The maximum Gasteiger partial charge on any atom is 0.156 e. The number of ketones is 1. The van der Waals surface area contributed by atoms with Crippen LogP contribution in [0.15, 0.2) is 59.2 Å². The number of anilines is 1. The van der Waals surface area contributed by atoms with Crippen LogP contribution < -0.4 is 4.90 Å². The van der Waals surface area contributed by atoms with Gasteiger partial charge in [-0.3, -0.25) is 4.79 Å². The Morgan fingerprint density at radius 2 is 1.88 bits per heavy atom. The van der Waals surface area contributed by atoms with Crippen LogP contribution in [0.3, 0.4) is 0 Å². The average molecular weight is 448 g/mol. The van der Waals surface area contributed by atoms with E-state index in [-0.39, 0.29) is 23.7 Å². The number of nitrogens with zero attached hydrogens (tertiary/aromatic N) is 1. The number of hydrogen-bond donors (Lipinski definition) is 2. The summed E-state index contributed by atoms with van der Waals surface area (Å²) in [5.74, 6) is 1.38. The second-order valence-corrected chi connectivity index (χ2v) is 11.0. The number of rotatable bonds is 4. The van der Waals surface area contributed by atoms with Crippen LogP contribution in [0.25, 0.3) is 0 Å². The van der Waals surface area contributed by atoms with Gasteiger partial charge in [-0.25, -0.2) is 0 Å². The van der Waals surface area contributed by atoms with Crippen molar-refractivity contribution in [2.24, 2.45) is 17.3 Å². The van der Waals surface area contributed by atoms with E-state index in [1.807, 2.05) is 12.2 Å². The average Bonchev–Trinajstić information content (AvgIpc) is 3.07. The summed E-state index contributed by atoms with van der Waals surface area (Å²) in [5.41, 5.74) is 5.62. The molecule has 5 atom stereocenters. The number of aliphatic hydroxyl groups is 2. The molecule has 0 bridgehead atoms. The van der Waals surface area contributed by atoms with Gasteiger partial charge in [-0.15, -0.1) is 0 Å². The molecule has 176 valence electrons. The Morgan fingerprint density at radius 1 is 1.12 bits per heavy atom. The molecule has 4 nitrogen and oxygen atoms in total. The predicted molar refractivity (Wildman–Crippen MR) is 132 cm³/mol. The molecule has 0 aliphatic heterocycles. The smallest absolute Gasteiger partial charge is 0.156 e. The first-order chi connectivity index (χ1) is 15.8. The van der Waals surface area contributed by atoms with E-state index in [0.717, 1.165) is 38.5 Å². The van der Waals surface area contributed by atoms with Crippen molar-refractivity contribution < 1.29 is 15.0 Å². The monoisotopic (exact) mass is 447 g/mol. The van der Waals surface area contributed by atoms with Crippen LogP contribution in [0.2, 0.25) is 0 Å². The largest absolute Gasteiger partial charge is 0.392 e. The third kappa shape index (κ3) is 3.54. The number of allylic oxidation sites excluding steroid dienone is 4. The van der Waals surface area contributed by atoms with Gasteiger partial charge in [0.15, 0.2) is 5.78 Å². The van der Waals surface area contributed by atoms with E-state index in [1.54, 1.807) is 11.6 Å². The molecule has 4 heteroatoms. The molecule has 0 heterocycles. The Hall–Kier alpha value is -2.17. The molecule has 0 amide bonds. The number of carbonyl (C=O) groups is 1. The molecule has 5 rings (SSSR count). The lowest BCUT2D eigenvalue weighted by Crippen LogP contribution is -2.50. The fraction of sp³-hybridized carbons (Fsp3) is 0.552. The number of aliphatic hydroxyl groups excluding tert-OH is 1. The van der Waals surface area contributed by atoms with Gasteiger partial charge in [-0.2, -0.15) is 0 Å². The third-order valence-corrected chi connectivity index (χ3v) is 9.26. The zero-order chi connectivity index (χ0) is 23.4. The fourth-order valence-electron chi connectivity index (χ4n) is 7.52. The summed E-state index contributed by atoms with van der Waals surface area (Å²) in [6.45, 7) is 2.24. The summed E-state index contributed by atoms with van der Waals surface area (Å²) in [6.07, 6.45) is 11.7. The van der Waals surface area contributed by atoms with Crippen LogP contribution >= 0.6 is 0 Å². The Labute approximate surface area is 197 Å². The SMILES string of the molecule is CN(C)c1ccc([C@H]2C[C@@]3(C)[C@@H](CC[C@]3(O)/C=C\CO)[C@@H]3CCC4=CC(=O)CCC4=C32)cc1. The van der Waals surface area contributed by atoms with Gasteiger partial charge in [-0.1, -0.05) is 36.8 Å². The maximum atomic E-state index is 12.2. The molecular formula is C29H37NO3. The molecule has 2 N–H and O–H groups in total. The number of benzene rings is 1. The van der Waals surface area contributed by atoms with Gasteiger partial charge in [-0.05, 0) is 85.3 Å². The minimum absolute atomic E-state index is 0.0423. The van der Waals surface area contributed by atoms with E-state index in [1.165, 1.54) is 22.4 Å². The van der Waals surface area contributed by atoms with Gasteiger partial charge in [0, 0.05) is 37.5 Å². The molecule has 0 saturated heterocycles. The molecule has 0 spiro atoms. The minimum Gasteiger partial charge on any atom is -0.392 e. The molecule has 4 aliphatic carbocycles. The normalized spacial score (nSPS) is 35.8. The van der Waals surface area contributed by atoms with E-state index in [9.17, 15) is 15.0 Å². The zero-order valence-electron chi connectivity index (χ0n) is 20.2. The van der Waals surface area contributed by atoms with Crippen LogP contribution in [0.5, 0.6) is 0 Å². The third-order valence-electron chi connectivity index (χ3n) is 9.26. The van der Waals surface area contributed by atoms with E-state index in [2.05, 4.69) is 50.2 Å². The second-order valence-electron chi connectivity index (χ2n) is 11.0. The van der Waals surface area contributed by atoms with Crippen LogP contribution in [-0.2, 0) is 4.79 Å². The molecule has 2 saturated carbocycles. The van der Waals surface area contributed by atoms with E-state index in [4.69, 9.17) is 0 Å². The van der Waals surface area contributed by atoms with Crippen molar-refractivity contribution >= 4 is 11.5 Å². The van der Waals surface area contributed by atoms with Crippen molar-refractivity contribution in [1.82, 2.24) is 0 Å². The Kier molecular flexibility index (Phi) is 5.65. The van der Waals surface area contributed by atoms with E-state index >= 15 is 0 Å². The molecule has 33 heavy (non-hydrogen) atoms. The van der Waals surface area contributed by atoms with Gasteiger partial charge in [0.1, 0.15) is 0 Å². The van der Waals surface area contributed by atoms with E-state index in [0.29, 0.717) is 18.3 Å². The van der Waals surface area contributed by atoms with Gasteiger partial charge >= 0.3 is 0 Å². The number of hydrogen-bond acceptors (Lipinski definition) is 4. The highest BCUT2D eigenvalue weighted by Gasteiger charge is 2.61. The minimum atomic E-state index is -0.892. The standard InChI is InChI=1S/C29H37NO3/c1-28-18-25(19-5-8-21(9-6-19)30(2)3)27-23-12-10-22(32)17-20(23)7-11-24(27)26(28)13-15-29(28,33)14-4-16-31/h4-6,8-9,14,17,24-26,31,33H,7,10-13,15-16,18H2,1-3H3/b14-4-/t24-,25+,26-,28-,29+/m0/s1. The van der Waals surface area contributed by atoms with Gasteiger partial charge in [0.2, 0.25) is 0 Å². The Bertz CT molecular complexity index is 1030. The first-order valence-electron chi connectivity index (χ1n) is 12.5. The highest BCUT2D eigenvalue weighted by atomic mass is 16.3. The van der Waals surface area contributed by atoms with Gasteiger partial charge in [0.05, 0.1) is 12.2 Å². The van der Waals surface area contributed by atoms with Crippen LogP contribution in [0.4, 0.5) is 5.69 Å². The second kappa shape index (κ2) is 8.25. The Balaban J connectivity index is 1.65. The molecule has 2 fully saturated rings. The van der Waals surface area contributed by atoms with Gasteiger partial charge in [0.25, 0.3) is 0 Å². The predicted octanol–water partition coefficient (Wildman–Crippen LogP) is 4.93. The highest BCUT2D eigenvalue weighted by Crippen LogP contribution is 2.67. The van der Waals surface area contributed by atoms with Crippen molar-refractivity contribution in [3.05, 3.63) is 64.8 Å². The topological polar surface area (TPSA) is 60.8 Å². The van der Waals surface area contributed by atoms with Crippen molar-refractivity contribution in [2.45, 2.75) is 63.4 Å². The summed E-state index contributed by atoms with van der Waals surface area (Å²) in [7, 11) is 4.12. The molecular weight excluding hydrogens is 410 g/mol. The van der Waals surface area contributed by atoms with Crippen molar-refractivity contribution in [3.8, 4) is 0 Å². The molecule has 1 aromatic rings. The molecule has 0 unspecified atom stereocenters. The quantitative estimate of drug-likeness (QED) is 0.643. The summed E-state index contributed by atoms with van der Waals surface area (Å²) in [6, 6.07) is 8.91. The fourth-order valence-corrected chi connectivity index (χ4v) is 7.52. The molecule has 4 aliphatic rings. The summed E-state index contributed by atoms with van der Waals surface area (Å²) in [5, 5.41) is 21.3. The van der Waals surface area contributed by atoms with Crippen molar-refractivity contribution in [1.29, 1.82) is 0 Å². The molecule has 1 aromatic carbocycles. The summed E-state index contributed by atoms with van der Waals surface area (Å²) < 4.78 is 0. The van der Waals surface area contributed by atoms with E-state index < -0.39 is 5.60 Å². The van der Waals surface area contributed by atoms with Crippen LogP contribution in [0.1, 0.15) is 63.4 Å². The molecule has 0 aromatic heterocycles. The van der Waals surface area contributed by atoms with Crippen LogP contribution in [0, 0.1) is 17.3 Å². The first kappa shape index (κ1) is 22.6. The zero-order valence-corrected chi connectivity index (χ0v) is 20.2. The van der Waals surface area contributed by atoms with Gasteiger partial charge < -0.3 is 15.1 Å². The number of carbonyl (C=O) groups excluding carboxylic acids is 1. The maximum absolute atomic E-state index is 12.2. The summed E-state index contributed by atoms with van der Waals surface area (Å²) >= 11 is 0. The number of fused-ring (bicyclic) bond motifs is 4.